The van der Waals surface area contributed by atoms with Crippen LogP contribution in [0.25, 0.3) is 0 Å². The zero-order chi connectivity index (χ0) is 29.5. The summed E-state index contributed by atoms with van der Waals surface area (Å²) in [5.74, 6) is -14.1. The van der Waals surface area contributed by atoms with Crippen molar-refractivity contribution in [1.29, 1.82) is 0 Å². The highest BCUT2D eigenvalue weighted by atomic mass is 16.5. The number of amides is 1. The third-order valence-corrected chi connectivity index (χ3v) is 8.57. The Balaban J connectivity index is 2.03. The molecule has 1 amide bonds. The third kappa shape index (κ3) is 3.85. The van der Waals surface area contributed by atoms with E-state index < -0.39 is 87.8 Å². The molecule has 1 aromatic rings. The highest BCUT2D eigenvalue weighted by Crippen LogP contribution is 2.56. The number of primary amides is 1. The van der Waals surface area contributed by atoms with E-state index in [9.17, 15) is 39.0 Å². The third-order valence-electron chi connectivity index (χ3n) is 8.57. The van der Waals surface area contributed by atoms with Gasteiger partial charge in [0.05, 0.1) is 23.4 Å². The number of carbonyl (C=O) groups excluding carboxylic acids is 6. The summed E-state index contributed by atoms with van der Waals surface area (Å²) in [6, 6.07) is 1.95. The van der Waals surface area contributed by atoms with Gasteiger partial charge in [0.1, 0.15) is 11.9 Å². The summed E-state index contributed by atoms with van der Waals surface area (Å²) < 4.78 is 5.65. The van der Waals surface area contributed by atoms with Gasteiger partial charge in [-0.3, -0.25) is 33.7 Å². The highest BCUT2D eigenvalue weighted by Gasteiger charge is 2.74. The van der Waals surface area contributed by atoms with Crippen LogP contribution in [-0.4, -0.2) is 82.0 Å². The quantitative estimate of drug-likeness (QED) is 0.354. The number of hydrogen-bond donors (Lipinski definition) is 3. The van der Waals surface area contributed by atoms with E-state index in [2.05, 4.69) is 0 Å². The van der Waals surface area contributed by atoms with Crippen LogP contribution in [0.15, 0.2) is 12.1 Å². The van der Waals surface area contributed by atoms with Gasteiger partial charge in [0.15, 0.2) is 34.7 Å². The SMILES string of the molecule is CC(=O)O[C@@H]1[C@@H]2C(C(=O)c3c(ccc(C(C)(C)C)c3O)[C@H]2C)C(=O)[C@@]2(O)C(=O)C(C(N)=O)C(=O)[C@H](N(C)C)[C@@H]12. The molecule has 2 fully saturated rings. The van der Waals surface area contributed by atoms with E-state index in [4.69, 9.17) is 10.5 Å². The Labute approximate surface area is 225 Å². The van der Waals surface area contributed by atoms with Gasteiger partial charge < -0.3 is 20.7 Å². The molecule has 11 nitrogen and oxygen atoms in total. The van der Waals surface area contributed by atoms with Crippen molar-refractivity contribution >= 4 is 35.0 Å². The van der Waals surface area contributed by atoms with Crippen molar-refractivity contribution < 1.29 is 43.7 Å². The lowest BCUT2D eigenvalue weighted by Gasteiger charge is -2.56. The second-order valence-electron chi connectivity index (χ2n) is 12.1. The summed E-state index contributed by atoms with van der Waals surface area (Å²) in [6.45, 7) is 8.31. The standard InChI is InChI=1S/C28H34N2O9/c1-10-12-8-9-13(27(3,4)5)20(32)15(12)21(33)16-14(10)23(39-11(2)31)18-19(30(6)7)22(34)17(26(29)37)25(36)28(18,38)24(16)35/h8-10,14,16-19,23,32,38H,1-7H3,(H2,29,37)/t10-,14+,16?,17?,18+,19-,23-,28-/m1/s1. The van der Waals surface area contributed by atoms with E-state index in [1.807, 2.05) is 20.8 Å². The number of aromatic hydroxyl groups is 1. The Morgan fingerprint density at radius 3 is 2.15 bits per heavy atom. The minimum absolute atomic E-state index is 0.108. The molecule has 3 aliphatic carbocycles. The number of nitrogens with two attached hydrogens (primary N) is 1. The molecule has 8 atom stereocenters. The van der Waals surface area contributed by atoms with E-state index in [0.717, 1.165) is 6.92 Å². The summed E-state index contributed by atoms with van der Waals surface area (Å²) in [4.78, 5) is 81.1. The van der Waals surface area contributed by atoms with E-state index in [-0.39, 0.29) is 11.3 Å². The molecule has 0 aliphatic heterocycles. The van der Waals surface area contributed by atoms with Gasteiger partial charge in [0.2, 0.25) is 5.91 Å². The van der Waals surface area contributed by atoms with Crippen LogP contribution in [0.1, 0.15) is 62.0 Å². The number of aliphatic hydroxyl groups is 1. The molecule has 4 N–H and O–H groups in total. The van der Waals surface area contributed by atoms with Crippen LogP contribution >= 0.6 is 0 Å². The predicted octanol–water partition coefficient (Wildman–Crippen LogP) is 0.267. The highest BCUT2D eigenvalue weighted by molar-refractivity contribution is 6.32. The van der Waals surface area contributed by atoms with E-state index in [0.29, 0.717) is 11.1 Å². The van der Waals surface area contributed by atoms with Gasteiger partial charge in [-0.05, 0) is 36.6 Å². The van der Waals surface area contributed by atoms with Crippen molar-refractivity contribution in [1.82, 2.24) is 4.90 Å². The van der Waals surface area contributed by atoms with Gasteiger partial charge in [-0.15, -0.1) is 0 Å². The Morgan fingerprint density at radius 1 is 1.08 bits per heavy atom. The smallest absolute Gasteiger partial charge is 0.302 e. The number of phenolic OH excluding ortho intramolecular Hbond substituents is 1. The first-order valence-corrected chi connectivity index (χ1v) is 12.8. The van der Waals surface area contributed by atoms with E-state index in [1.54, 1.807) is 19.1 Å². The Morgan fingerprint density at radius 2 is 1.67 bits per heavy atom. The molecule has 1 aromatic carbocycles. The first-order chi connectivity index (χ1) is 17.9. The number of phenols is 1. The van der Waals surface area contributed by atoms with Crippen LogP contribution in [0.2, 0.25) is 0 Å². The molecule has 0 heterocycles. The molecule has 39 heavy (non-hydrogen) atoms. The zero-order valence-electron chi connectivity index (χ0n) is 23.0. The van der Waals surface area contributed by atoms with Crippen LogP contribution < -0.4 is 5.73 Å². The lowest BCUT2D eigenvalue weighted by molar-refractivity contribution is -0.205. The summed E-state index contributed by atoms with van der Waals surface area (Å²) in [5, 5.41) is 23.1. The lowest BCUT2D eigenvalue weighted by atomic mass is 9.49. The Kier molecular flexibility index (Phi) is 6.63. The maximum Gasteiger partial charge on any atom is 0.302 e. The monoisotopic (exact) mass is 542 g/mol. The maximum absolute atomic E-state index is 14.2. The largest absolute Gasteiger partial charge is 0.507 e. The average Bonchev–Trinajstić information content (AvgIpc) is 2.79. The molecule has 2 saturated carbocycles. The van der Waals surface area contributed by atoms with Crippen LogP contribution in [-0.2, 0) is 34.1 Å². The van der Waals surface area contributed by atoms with Gasteiger partial charge >= 0.3 is 5.97 Å². The number of hydrogen-bond acceptors (Lipinski definition) is 10. The molecule has 11 heteroatoms. The molecule has 3 aliphatic rings. The molecular formula is C28H34N2O9. The van der Waals surface area contributed by atoms with Gasteiger partial charge in [-0.25, -0.2) is 0 Å². The fourth-order valence-electron chi connectivity index (χ4n) is 6.90. The molecule has 2 unspecified atom stereocenters. The summed E-state index contributed by atoms with van der Waals surface area (Å²) >= 11 is 0. The average molecular weight is 543 g/mol. The van der Waals surface area contributed by atoms with Crippen LogP contribution in [0.5, 0.6) is 5.75 Å². The van der Waals surface area contributed by atoms with Crippen molar-refractivity contribution in [3.8, 4) is 5.75 Å². The normalized spacial score (nSPS) is 34.3. The molecule has 0 bridgehead atoms. The maximum atomic E-state index is 14.2. The van der Waals surface area contributed by atoms with Crippen molar-refractivity contribution in [2.75, 3.05) is 14.1 Å². The number of fused-ring (bicyclic) bond motifs is 3. The first kappa shape index (κ1) is 28.6. The zero-order valence-corrected chi connectivity index (χ0v) is 23.0. The molecule has 0 aromatic heterocycles. The van der Waals surface area contributed by atoms with Crippen LogP contribution in [0.3, 0.4) is 0 Å². The van der Waals surface area contributed by atoms with Gasteiger partial charge in [0, 0.05) is 12.8 Å². The van der Waals surface area contributed by atoms with Crippen molar-refractivity contribution in [2.45, 2.75) is 63.7 Å². The van der Waals surface area contributed by atoms with Gasteiger partial charge in [-0.1, -0.05) is 39.8 Å². The fraction of sp³-hybridized carbons (Fsp3) is 0.571. The molecule has 0 saturated heterocycles. The first-order valence-electron chi connectivity index (χ1n) is 12.8. The number of esters is 1. The minimum Gasteiger partial charge on any atom is -0.507 e. The van der Waals surface area contributed by atoms with Gasteiger partial charge in [0.25, 0.3) is 0 Å². The number of likely N-dealkylation sites (N-methyl/N-ethyl adjacent to an activating group) is 1. The molecule has 4 rings (SSSR count). The summed E-state index contributed by atoms with van der Waals surface area (Å²) in [5.41, 5.74) is 2.53. The second kappa shape index (κ2) is 9.06. The predicted molar refractivity (Wildman–Crippen MR) is 136 cm³/mol. The molecular weight excluding hydrogens is 508 g/mol. The van der Waals surface area contributed by atoms with Crippen molar-refractivity contribution in [2.24, 2.45) is 29.4 Å². The summed E-state index contributed by atoms with van der Waals surface area (Å²) in [6.07, 6.45) is -1.44. The second-order valence-corrected chi connectivity index (χ2v) is 12.1. The number of nitrogens with zero attached hydrogens (tertiary/aromatic N) is 1. The number of benzene rings is 1. The minimum atomic E-state index is -3.03. The lowest BCUT2D eigenvalue weighted by Crippen LogP contribution is -2.78. The fourth-order valence-corrected chi connectivity index (χ4v) is 6.90. The van der Waals surface area contributed by atoms with Crippen molar-refractivity contribution in [3.63, 3.8) is 0 Å². The summed E-state index contributed by atoms with van der Waals surface area (Å²) in [7, 11) is 2.91. The van der Waals surface area contributed by atoms with Crippen LogP contribution in [0, 0.1) is 23.7 Å². The molecule has 0 spiro atoms. The van der Waals surface area contributed by atoms with Crippen molar-refractivity contribution in [3.05, 3.63) is 28.8 Å². The van der Waals surface area contributed by atoms with Gasteiger partial charge in [-0.2, -0.15) is 0 Å². The Bertz CT molecular complexity index is 1330. The van der Waals surface area contributed by atoms with Crippen LogP contribution in [0.4, 0.5) is 0 Å². The number of ketones is 4. The van der Waals surface area contributed by atoms with E-state index >= 15 is 0 Å². The topological polar surface area (TPSA) is 181 Å². The Hall–Kier alpha value is -3.44. The molecule has 210 valence electrons. The number of rotatable bonds is 3. The van der Waals surface area contributed by atoms with E-state index in [1.165, 1.54) is 19.0 Å². The molecule has 0 radical (unpaired) electrons. The number of carbonyl (C=O) groups is 6. The number of Topliss-reactive ketones (excluding diaryl/α,β-unsaturated/α-hetero) is 4. The number of ether oxygens (including phenoxy) is 1.